The molecule has 0 spiro atoms. The largest absolute Gasteiger partial charge is 0.212 e. The maximum absolute atomic E-state index is 2.38. The van der Waals surface area contributed by atoms with E-state index in [9.17, 15) is 0 Å². The van der Waals surface area contributed by atoms with Crippen molar-refractivity contribution in [1.29, 1.82) is 0 Å². The fourth-order valence-electron chi connectivity index (χ4n) is 4.30. The predicted octanol–water partition coefficient (Wildman–Crippen LogP) is 7.64. The molecule has 3 rings (SSSR count). The lowest BCUT2D eigenvalue weighted by Crippen LogP contribution is -2.35. The molecule has 0 bridgehead atoms. The van der Waals surface area contributed by atoms with Crippen molar-refractivity contribution >= 4 is 10.9 Å². The average Bonchev–Trinajstić information content (AvgIpc) is 2.76. The second-order valence-electron chi connectivity index (χ2n) is 8.40. The van der Waals surface area contributed by atoms with Crippen LogP contribution in [-0.2, 0) is 13.0 Å². The van der Waals surface area contributed by atoms with Gasteiger partial charge in [-0.1, -0.05) is 101 Å². The molecule has 0 aliphatic heterocycles. The maximum Gasteiger partial charge on any atom is 0.212 e. The van der Waals surface area contributed by atoms with Crippen LogP contribution >= 0.6 is 0 Å². The fourth-order valence-corrected chi connectivity index (χ4v) is 4.30. The van der Waals surface area contributed by atoms with Gasteiger partial charge in [-0.15, -0.1) is 0 Å². The van der Waals surface area contributed by atoms with Crippen LogP contribution in [-0.4, -0.2) is 0 Å². The first-order valence-electron chi connectivity index (χ1n) is 11.8. The number of hydrogen-bond donors (Lipinski definition) is 0. The Kier molecular flexibility index (Phi) is 9.23. The lowest BCUT2D eigenvalue weighted by atomic mass is 9.99. The van der Waals surface area contributed by atoms with Gasteiger partial charge >= 0.3 is 0 Å². The molecule has 0 saturated heterocycles. The molecule has 1 heteroatoms. The van der Waals surface area contributed by atoms with Crippen LogP contribution in [0.3, 0.4) is 0 Å². The first kappa shape index (κ1) is 21.6. The average molecular weight is 389 g/mol. The molecule has 1 heterocycles. The highest BCUT2D eigenvalue weighted by Gasteiger charge is 2.11. The lowest BCUT2D eigenvalue weighted by molar-refractivity contribution is -0.662. The molecule has 1 nitrogen and oxygen atoms in total. The summed E-state index contributed by atoms with van der Waals surface area (Å²) in [5.74, 6) is 0. The third-order valence-electron chi connectivity index (χ3n) is 6.05. The van der Waals surface area contributed by atoms with Crippen LogP contribution in [0.4, 0.5) is 0 Å². The van der Waals surface area contributed by atoms with E-state index >= 15 is 0 Å². The summed E-state index contributed by atoms with van der Waals surface area (Å²) in [6.07, 6.45) is 17.4. The number of unbranched alkanes of at least 4 members (excludes halogenated alkanes) is 9. The quantitative estimate of drug-likeness (QED) is 0.209. The third-order valence-corrected chi connectivity index (χ3v) is 6.05. The minimum Gasteiger partial charge on any atom is -0.194 e. The standard InChI is InChI=1S/C28H38N/c1-2-3-4-5-6-7-8-9-10-11-17-25-18-12-13-20-27(25)24-29-23-16-21-26-19-14-15-22-28(26)29/h12-16,18-23H,2-11,17,24H2,1H3/q+1. The molecular weight excluding hydrogens is 350 g/mol. The predicted molar refractivity (Wildman–Crippen MR) is 125 cm³/mol. The number of nitrogens with zero attached hydrogens (tertiary/aromatic N) is 1. The molecule has 2 aromatic carbocycles. The van der Waals surface area contributed by atoms with Gasteiger partial charge in [0.05, 0.1) is 0 Å². The Balaban J connectivity index is 1.46. The molecule has 3 aromatic rings. The van der Waals surface area contributed by atoms with Crippen LogP contribution in [0, 0.1) is 0 Å². The number of benzene rings is 2. The highest BCUT2D eigenvalue weighted by atomic mass is 14.9. The van der Waals surface area contributed by atoms with Crippen molar-refractivity contribution in [2.45, 2.75) is 84.1 Å². The SMILES string of the molecule is CCCCCCCCCCCCc1ccccc1C[n+]1cccc2ccccc21. The summed E-state index contributed by atoms with van der Waals surface area (Å²) in [5, 5.41) is 1.31. The van der Waals surface area contributed by atoms with Crippen molar-refractivity contribution in [3.05, 3.63) is 78.0 Å². The first-order chi connectivity index (χ1) is 14.4. The van der Waals surface area contributed by atoms with E-state index < -0.39 is 0 Å². The summed E-state index contributed by atoms with van der Waals surface area (Å²) < 4.78 is 2.38. The Labute approximate surface area is 177 Å². The number of aromatic nitrogens is 1. The van der Waals surface area contributed by atoms with Crippen molar-refractivity contribution in [2.24, 2.45) is 0 Å². The number of aryl methyl sites for hydroxylation is 1. The second kappa shape index (κ2) is 12.4. The molecule has 0 radical (unpaired) electrons. The van der Waals surface area contributed by atoms with Crippen molar-refractivity contribution < 1.29 is 4.57 Å². The Morgan fingerprint density at radius 2 is 1.17 bits per heavy atom. The van der Waals surface area contributed by atoms with Crippen molar-refractivity contribution in [3.63, 3.8) is 0 Å². The monoisotopic (exact) mass is 388 g/mol. The minimum absolute atomic E-state index is 0.954. The normalized spacial score (nSPS) is 11.2. The molecule has 0 unspecified atom stereocenters. The maximum atomic E-state index is 2.38. The van der Waals surface area contributed by atoms with E-state index in [0.717, 1.165) is 6.54 Å². The molecule has 0 aliphatic carbocycles. The van der Waals surface area contributed by atoms with E-state index in [1.54, 1.807) is 0 Å². The first-order valence-corrected chi connectivity index (χ1v) is 11.8. The molecular formula is C28H38N+. The summed E-state index contributed by atoms with van der Waals surface area (Å²) in [6, 6.07) is 22.0. The number of pyridine rings is 1. The van der Waals surface area contributed by atoms with Crippen LogP contribution in [0.1, 0.15) is 82.3 Å². The number of rotatable bonds is 13. The Morgan fingerprint density at radius 3 is 1.93 bits per heavy atom. The number of para-hydroxylation sites is 1. The van der Waals surface area contributed by atoms with Crippen molar-refractivity contribution in [2.75, 3.05) is 0 Å². The van der Waals surface area contributed by atoms with Gasteiger partial charge in [-0.3, -0.25) is 0 Å². The van der Waals surface area contributed by atoms with Gasteiger partial charge in [-0.05, 0) is 30.5 Å². The van der Waals surface area contributed by atoms with Crippen LogP contribution in [0.5, 0.6) is 0 Å². The number of hydrogen-bond acceptors (Lipinski definition) is 0. The molecule has 0 amide bonds. The van der Waals surface area contributed by atoms with Crippen LogP contribution in [0.25, 0.3) is 10.9 Å². The molecule has 29 heavy (non-hydrogen) atoms. The van der Waals surface area contributed by atoms with Crippen LogP contribution < -0.4 is 4.57 Å². The summed E-state index contributed by atoms with van der Waals surface area (Å²) >= 11 is 0. The number of fused-ring (bicyclic) bond motifs is 1. The van der Waals surface area contributed by atoms with Gasteiger partial charge in [0, 0.05) is 23.1 Å². The molecule has 0 aliphatic rings. The van der Waals surface area contributed by atoms with Gasteiger partial charge in [0.25, 0.3) is 0 Å². The van der Waals surface area contributed by atoms with Gasteiger partial charge in [0.2, 0.25) is 5.52 Å². The summed E-state index contributed by atoms with van der Waals surface area (Å²) in [6.45, 7) is 3.24. The Hall–Kier alpha value is -2.15. The van der Waals surface area contributed by atoms with Crippen LogP contribution in [0.2, 0.25) is 0 Å². The minimum atomic E-state index is 0.954. The zero-order chi connectivity index (χ0) is 20.2. The molecule has 154 valence electrons. The van der Waals surface area contributed by atoms with Crippen LogP contribution in [0.15, 0.2) is 66.9 Å². The topological polar surface area (TPSA) is 3.88 Å². The van der Waals surface area contributed by atoms with Crippen molar-refractivity contribution in [1.82, 2.24) is 0 Å². The van der Waals surface area contributed by atoms with E-state index in [0.29, 0.717) is 0 Å². The van der Waals surface area contributed by atoms with E-state index in [4.69, 9.17) is 0 Å². The van der Waals surface area contributed by atoms with Crippen molar-refractivity contribution in [3.8, 4) is 0 Å². The van der Waals surface area contributed by atoms with Gasteiger partial charge in [-0.2, -0.15) is 4.57 Å². The third kappa shape index (κ3) is 6.99. The van der Waals surface area contributed by atoms with E-state index in [-0.39, 0.29) is 0 Å². The van der Waals surface area contributed by atoms with Gasteiger partial charge in [0.1, 0.15) is 0 Å². The van der Waals surface area contributed by atoms with E-state index in [2.05, 4.69) is 78.4 Å². The molecule has 0 fully saturated rings. The van der Waals surface area contributed by atoms with E-state index in [1.807, 2.05) is 0 Å². The highest BCUT2D eigenvalue weighted by molar-refractivity contribution is 5.74. The fraction of sp³-hybridized carbons (Fsp3) is 0.464. The van der Waals surface area contributed by atoms with Gasteiger partial charge < -0.3 is 0 Å². The summed E-state index contributed by atoms with van der Waals surface area (Å²) in [5.41, 5.74) is 4.29. The lowest BCUT2D eigenvalue weighted by Gasteiger charge is -2.08. The van der Waals surface area contributed by atoms with Gasteiger partial charge in [-0.25, -0.2) is 0 Å². The van der Waals surface area contributed by atoms with Gasteiger partial charge in [0.15, 0.2) is 12.7 Å². The summed E-state index contributed by atoms with van der Waals surface area (Å²) in [4.78, 5) is 0. The molecule has 0 N–H and O–H groups in total. The smallest absolute Gasteiger partial charge is 0.194 e. The van der Waals surface area contributed by atoms with E-state index in [1.165, 1.54) is 92.7 Å². The summed E-state index contributed by atoms with van der Waals surface area (Å²) in [7, 11) is 0. The Bertz CT molecular complexity index is 846. The molecule has 0 saturated carbocycles. The zero-order valence-electron chi connectivity index (χ0n) is 18.3. The highest BCUT2D eigenvalue weighted by Crippen LogP contribution is 2.16. The molecule has 1 aromatic heterocycles. The zero-order valence-corrected chi connectivity index (χ0v) is 18.3. The second-order valence-corrected chi connectivity index (χ2v) is 8.40. The molecule has 0 atom stereocenters. The Morgan fingerprint density at radius 1 is 0.586 bits per heavy atom.